The van der Waals surface area contributed by atoms with Crippen molar-refractivity contribution in [3.05, 3.63) is 29.3 Å². The average Bonchev–Trinajstić information content (AvgIpc) is 2.82. The lowest BCUT2D eigenvalue weighted by Crippen LogP contribution is -2.54. The van der Waals surface area contributed by atoms with Crippen LogP contribution in [0.4, 0.5) is 0 Å². The van der Waals surface area contributed by atoms with Crippen molar-refractivity contribution in [1.82, 2.24) is 5.32 Å². The molecule has 1 fully saturated rings. The van der Waals surface area contributed by atoms with Crippen LogP contribution in [0.5, 0.6) is 0 Å². The summed E-state index contributed by atoms with van der Waals surface area (Å²) in [5.41, 5.74) is 1.47. The van der Waals surface area contributed by atoms with Crippen LogP contribution in [0.3, 0.4) is 0 Å². The van der Waals surface area contributed by atoms with E-state index in [0.29, 0.717) is 5.56 Å². The fourth-order valence-corrected chi connectivity index (χ4v) is 4.74. The van der Waals surface area contributed by atoms with Crippen molar-refractivity contribution < 1.29 is 23.1 Å². The molecule has 1 aromatic carbocycles. The van der Waals surface area contributed by atoms with E-state index in [9.17, 15) is 18.3 Å². The summed E-state index contributed by atoms with van der Waals surface area (Å²) in [7, 11) is -4.11. The van der Waals surface area contributed by atoms with E-state index >= 15 is 0 Å². The van der Waals surface area contributed by atoms with Gasteiger partial charge in [-0.15, -0.1) is 0 Å². The zero-order valence-corrected chi connectivity index (χ0v) is 13.7. The minimum absolute atomic E-state index is 0.0404. The van der Waals surface area contributed by atoms with Crippen LogP contribution in [0.25, 0.3) is 0 Å². The zero-order chi connectivity index (χ0) is 16.5. The molecule has 2 unspecified atom stereocenters. The van der Waals surface area contributed by atoms with Gasteiger partial charge in [-0.3, -0.25) is 4.79 Å². The number of carbonyl (C=O) groups is 1. The quantitative estimate of drug-likeness (QED) is 0.791. The van der Waals surface area contributed by atoms with Gasteiger partial charge in [0.25, 0.3) is 0 Å². The maximum atomic E-state index is 12.9. The third kappa shape index (κ3) is 2.64. The van der Waals surface area contributed by atoms with Gasteiger partial charge in [0.2, 0.25) is 9.84 Å². The molecule has 2 N–H and O–H groups in total. The van der Waals surface area contributed by atoms with Gasteiger partial charge in [0, 0.05) is 6.42 Å². The zero-order valence-electron chi connectivity index (χ0n) is 12.9. The maximum Gasteiger partial charge on any atom is 0.327 e. The third-order valence-corrected chi connectivity index (χ3v) is 6.30. The van der Waals surface area contributed by atoms with Crippen molar-refractivity contribution >= 4 is 15.8 Å². The molecule has 7 heteroatoms. The summed E-state index contributed by atoms with van der Waals surface area (Å²) in [4.78, 5) is 9.81. The van der Waals surface area contributed by atoms with Crippen LogP contribution in [0, 0.1) is 13.8 Å². The lowest BCUT2D eigenvalue weighted by Gasteiger charge is -2.28. The van der Waals surface area contributed by atoms with Crippen molar-refractivity contribution in [3.63, 3.8) is 0 Å². The lowest BCUT2D eigenvalue weighted by atomic mass is 10.1. The molecule has 1 aliphatic rings. The number of ether oxygens (including phenoxy) is 1. The van der Waals surface area contributed by atoms with Crippen LogP contribution in [-0.4, -0.2) is 43.6 Å². The standard InChI is InChI=1S/C15H21NO5S/c1-4-21-14(17)13-15(18,7-8-16-13)22(19,20)12-6-5-10(2)9-11(12)3/h5-6,9,13,16,18H,4,7-8H2,1-3H3. The predicted octanol–water partition coefficient (Wildman–Crippen LogP) is 0.691. The second-order valence-corrected chi connectivity index (χ2v) is 7.66. The van der Waals surface area contributed by atoms with Crippen LogP contribution in [0.1, 0.15) is 24.5 Å². The van der Waals surface area contributed by atoms with Crippen molar-refractivity contribution in [2.24, 2.45) is 0 Å². The van der Waals surface area contributed by atoms with E-state index in [0.717, 1.165) is 5.56 Å². The molecule has 1 heterocycles. The molecule has 0 saturated carbocycles. The summed E-state index contributed by atoms with van der Waals surface area (Å²) in [6.45, 7) is 5.51. The van der Waals surface area contributed by atoms with Crippen LogP contribution in [-0.2, 0) is 19.4 Å². The largest absolute Gasteiger partial charge is 0.465 e. The summed E-state index contributed by atoms with van der Waals surface area (Å²) in [5, 5.41) is 13.5. The SMILES string of the molecule is CCOC(=O)C1NCCC1(O)S(=O)(=O)c1ccc(C)cc1C. The van der Waals surface area contributed by atoms with Crippen LogP contribution in [0.2, 0.25) is 0 Å². The van der Waals surface area contributed by atoms with Crippen LogP contribution in [0.15, 0.2) is 23.1 Å². The van der Waals surface area contributed by atoms with Gasteiger partial charge in [-0.2, -0.15) is 0 Å². The number of aryl methyl sites for hydroxylation is 2. The molecule has 1 saturated heterocycles. The molecule has 1 aromatic rings. The highest BCUT2D eigenvalue weighted by atomic mass is 32.2. The normalized spacial score (nSPS) is 25.2. The van der Waals surface area contributed by atoms with E-state index < -0.39 is 26.8 Å². The van der Waals surface area contributed by atoms with E-state index in [1.807, 2.05) is 6.92 Å². The first-order chi connectivity index (χ1) is 10.2. The van der Waals surface area contributed by atoms with Gasteiger partial charge in [-0.25, -0.2) is 8.42 Å². The molecule has 0 amide bonds. The number of benzene rings is 1. The highest BCUT2D eigenvalue weighted by molar-refractivity contribution is 7.92. The molecular weight excluding hydrogens is 306 g/mol. The summed E-state index contributed by atoms with van der Waals surface area (Å²) in [5.74, 6) is -0.754. The molecule has 2 atom stereocenters. The molecule has 22 heavy (non-hydrogen) atoms. The molecule has 0 aromatic heterocycles. The molecule has 0 radical (unpaired) electrons. The smallest absolute Gasteiger partial charge is 0.327 e. The summed E-state index contributed by atoms with van der Waals surface area (Å²) in [6.07, 6.45) is -0.0634. The number of aliphatic hydroxyl groups is 1. The third-order valence-electron chi connectivity index (χ3n) is 3.89. The van der Waals surface area contributed by atoms with Gasteiger partial charge in [-0.05, 0) is 38.9 Å². The van der Waals surface area contributed by atoms with E-state index in [4.69, 9.17) is 4.74 Å². The maximum absolute atomic E-state index is 12.9. The Morgan fingerprint density at radius 3 is 2.73 bits per heavy atom. The second kappa shape index (κ2) is 5.98. The first kappa shape index (κ1) is 16.9. The summed E-state index contributed by atoms with van der Waals surface area (Å²) >= 11 is 0. The topological polar surface area (TPSA) is 92.7 Å². The Bertz CT molecular complexity index is 685. The summed E-state index contributed by atoms with van der Waals surface area (Å²) in [6, 6.07) is 3.60. The van der Waals surface area contributed by atoms with Crippen molar-refractivity contribution in [1.29, 1.82) is 0 Å². The molecule has 0 spiro atoms. The lowest BCUT2D eigenvalue weighted by molar-refractivity contribution is -0.148. The number of nitrogens with one attached hydrogen (secondary N) is 1. The van der Waals surface area contributed by atoms with Crippen molar-refractivity contribution in [2.75, 3.05) is 13.2 Å². The monoisotopic (exact) mass is 327 g/mol. The molecule has 0 bridgehead atoms. The van der Waals surface area contributed by atoms with Crippen LogP contribution < -0.4 is 5.32 Å². The molecule has 1 aliphatic heterocycles. The van der Waals surface area contributed by atoms with E-state index in [1.54, 1.807) is 26.0 Å². The Morgan fingerprint density at radius 2 is 2.14 bits per heavy atom. The van der Waals surface area contributed by atoms with E-state index in [2.05, 4.69) is 5.32 Å². The Morgan fingerprint density at radius 1 is 1.45 bits per heavy atom. The van der Waals surface area contributed by atoms with Gasteiger partial charge in [0.1, 0.15) is 6.04 Å². The highest BCUT2D eigenvalue weighted by Crippen LogP contribution is 2.35. The Hall–Kier alpha value is -1.44. The number of esters is 1. The Balaban J connectivity index is 2.48. The fraction of sp³-hybridized carbons (Fsp3) is 0.533. The van der Waals surface area contributed by atoms with Crippen molar-refractivity contribution in [2.45, 2.75) is 43.1 Å². The number of sulfone groups is 1. The number of rotatable bonds is 4. The Kier molecular flexibility index (Phi) is 4.60. The molecule has 0 aliphatic carbocycles. The highest BCUT2D eigenvalue weighted by Gasteiger charge is 2.56. The first-order valence-electron chi connectivity index (χ1n) is 7.18. The molecular formula is C15H21NO5S. The van der Waals surface area contributed by atoms with Gasteiger partial charge in [0.05, 0.1) is 11.5 Å². The number of hydrogen-bond donors (Lipinski definition) is 2. The van der Waals surface area contributed by atoms with Gasteiger partial charge < -0.3 is 15.2 Å². The minimum Gasteiger partial charge on any atom is -0.465 e. The van der Waals surface area contributed by atoms with Gasteiger partial charge in [-0.1, -0.05) is 17.7 Å². The Labute approximate surface area is 130 Å². The average molecular weight is 327 g/mol. The molecule has 122 valence electrons. The first-order valence-corrected chi connectivity index (χ1v) is 8.66. The van der Waals surface area contributed by atoms with Crippen LogP contribution >= 0.6 is 0 Å². The fourth-order valence-electron chi connectivity index (χ4n) is 2.77. The molecule has 6 nitrogen and oxygen atoms in total. The summed E-state index contributed by atoms with van der Waals surface area (Å²) < 4.78 is 30.7. The number of carbonyl (C=O) groups excluding carboxylic acids is 1. The molecule has 2 rings (SSSR count). The number of hydrogen-bond acceptors (Lipinski definition) is 6. The van der Waals surface area contributed by atoms with E-state index in [1.165, 1.54) is 6.07 Å². The van der Waals surface area contributed by atoms with Gasteiger partial charge >= 0.3 is 5.97 Å². The van der Waals surface area contributed by atoms with E-state index in [-0.39, 0.29) is 24.5 Å². The minimum atomic E-state index is -4.11. The van der Waals surface area contributed by atoms with Crippen molar-refractivity contribution in [3.8, 4) is 0 Å². The van der Waals surface area contributed by atoms with Gasteiger partial charge in [0.15, 0.2) is 4.93 Å². The second-order valence-electron chi connectivity index (χ2n) is 5.51. The predicted molar refractivity (Wildman–Crippen MR) is 81.1 cm³/mol.